The second-order valence-electron chi connectivity index (χ2n) is 9.06. The van der Waals surface area contributed by atoms with Gasteiger partial charge in [-0.05, 0) is 61.8 Å². The molecule has 0 spiro atoms. The topological polar surface area (TPSA) is 73.3 Å². The van der Waals surface area contributed by atoms with Gasteiger partial charge in [0, 0.05) is 52.2 Å². The first kappa shape index (κ1) is 22.1. The number of likely N-dealkylation sites (tertiary alicyclic amines) is 1. The summed E-state index contributed by atoms with van der Waals surface area (Å²) < 4.78 is 5.83. The van der Waals surface area contributed by atoms with Gasteiger partial charge >= 0.3 is 0 Å². The molecule has 2 atom stereocenters. The highest BCUT2D eigenvalue weighted by Crippen LogP contribution is 2.25. The number of carbonyl (C=O) groups excluding carboxylic acids is 2. The molecule has 31 heavy (non-hydrogen) atoms. The summed E-state index contributed by atoms with van der Waals surface area (Å²) in [7, 11) is 0. The average Bonchev–Trinajstić information content (AvgIpc) is 2.99. The van der Waals surface area contributed by atoms with Crippen LogP contribution in [-0.2, 0) is 22.4 Å². The first-order valence-corrected chi connectivity index (χ1v) is 11.7. The van der Waals surface area contributed by atoms with Crippen LogP contribution in [0.1, 0.15) is 43.7 Å². The highest BCUT2D eigenvalue weighted by molar-refractivity contribution is 5.77. The molecule has 2 saturated heterocycles. The minimum Gasteiger partial charge on any atom is -0.484 e. The van der Waals surface area contributed by atoms with Crippen molar-refractivity contribution in [1.82, 2.24) is 14.7 Å². The van der Waals surface area contributed by atoms with Crippen molar-refractivity contribution in [2.24, 2.45) is 0 Å². The summed E-state index contributed by atoms with van der Waals surface area (Å²) in [4.78, 5) is 30.3. The summed E-state index contributed by atoms with van der Waals surface area (Å²) in [6.07, 6.45) is 5.55. The summed E-state index contributed by atoms with van der Waals surface area (Å²) >= 11 is 0. The van der Waals surface area contributed by atoms with Crippen molar-refractivity contribution < 1.29 is 19.4 Å². The second-order valence-corrected chi connectivity index (χ2v) is 9.06. The zero-order chi connectivity index (χ0) is 21.8. The number of aliphatic hydroxyl groups is 1. The van der Waals surface area contributed by atoms with Gasteiger partial charge in [-0.2, -0.15) is 0 Å². The molecule has 7 nitrogen and oxygen atoms in total. The summed E-state index contributed by atoms with van der Waals surface area (Å²) in [5.41, 5.74) is 2.75. The lowest BCUT2D eigenvalue weighted by atomic mass is 9.92. The Balaban J connectivity index is 1.28. The van der Waals surface area contributed by atoms with Gasteiger partial charge in [0.25, 0.3) is 5.91 Å². The lowest BCUT2D eigenvalue weighted by Gasteiger charge is -2.40. The Labute approximate surface area is 184 Å². The highest BCUT2D eigenvalue weighted by Gasteiger charge is 2.33. The van der Waals surface area contributed by atoms with Crippen LogP contribution in [0.2, 0.25) is 0 Å². The van der Waals surface area contributed by atoms with Crippen LogP contribution >= 0.6 is 0 Å². The average molecular weight is 430 g/mol. The van der Waals surface area contributed by atoms with Crippen molar-refractivity contribution >= 4 is 11.8 Å². The highest BCUT2D eigenvalue weighted by atomic mass is 16.5. The van der Waals surface area contributed by atoms with E-state index in [0.717, 1.165) is 38.1 Å². The molecule has 2 fully saturated rings. The number of hydrogen-bond acceptors (Lipinski definition) is 5. The second kappa shape index (κ2) is 10.0. The Hall–Kier alpha value is -2.12. The maximum atomic E-state index is 12.8. The molecule has 7 heteroatoms. The molecule has 2 aliphatic heterocycles. The first-order chi connectivity index (χ1) is 15.0. The fraction of sp³-hybridized carbons (Fsp3) is 0.667. The van der Waals surface area contributed by atoms with Gasteiger partial charge in [0.2, 0.25) is 5.91 Å². The number of carbonyl (C=O) groups is 2. The van der Waals surface area contributed by atoms with Crippen molar-refractivity contribution in [3.05, 3.63) is 29.3 Å². The molecule has 0 aromatic heterocycles. The summed E-state index contributed by atoms with van der Waals surface area (Å²) in [6.45, 7) is 5.78. The van der Waals surface area contributed by atoms with Crippen LogP contribution < -0.4 is 4.74 Å². The van der Waals surface area contributed by atoms with E-state index in [9.17, 15) is 14.7 Å². The number of aryl methyl sites for hydroxylation is 2. The van der Waals surface area contributed by atoms with Crippen LogP contribution in [0, 0.1) is 0 Å². The molecule has 2 heterocycles. The van der Waals surface area contributed by atoms with Crippen LogP contribution in [0.15, 0.2) is 18.2 Å². The lowest BCUT2D eigenvalue weighted by Crippen LogP contribution is -2.54. The monoisotopic (exact) mass is 429 g/mol. The number of ether oxygens (including phenoxy) is 1. The van der Waals surface area contributed by atoms with E-state index >= 15 is 0 Å². The molecule has 1 aliphatic carbocycles. The summed E-state index contributed by atoms with van der Waals surface area (Å²) in [5, 5.41) is 10.7. The van der Waals surface area contributed by atoms with Crippen LogP contribution in [0.25, 0.3) is 0 Å². The zero-order valence-electron chi connectivity index (χ0n) is 18.6. The summed E-state index contributed by atoms with van der Waals surface area (Å²) in [5.74, 6) is 0.855. The number of benzene rings is 1. The third-order valence-corrected chi connectivity index (χ3v) is 7.10. The van der Waals surface area contributed by atoms with Gasteiger partial charge in [0.15, 0.2) is 6.61 Å². The SMILES string of the molecule is CC(=O)N1CCN([C@H]2CCN(C(=O)COc3ccc4c(c3)CCCC4)CC[C@@H]2O)CC1. The minimum atomic E-state index is -0.455. The zero-order valence-corrected chi connectivity index (χ0v) is 18.6. The van der Waals surface area contributed by atoms with Crippen LogP contribution in [0.4, 0.5) is 0 Å². The van der Waals surface area contributed by atoms with Crippen LogP contribution in [0.3, 0.4) is 0 Å². The molecule has 0 unspecified atom stereocenters. The molecule has 0 radical (unpaired) electrons. The molecule has 3 aliphatic rings. The summed E-state index contributed by atoms with van der Waals surface area (Å²) in [6, 6.07) is 6.23. The van der Waals surface area contributed by atoms with E-state index in [1.54, 1.807) is 6.92 Å². The van der Waals surface area contributed by atoms with Gasteiger partial charge in [-0.3, -0.25) is 14.5 Å². The largest absolute Gasteiger partial charge is 0.484 e. The van der Waals surface area contributed by atoms with Gasteiger partial charge in [0.05, 0.1) is 6.10 Å². The van der Waals surface area contributed by atoms with E-state index in [2.05, 4.69) is 17.0 Å². The molecular formula is C24H35N3O4. The third kappa shape index (κ3) is 5.39. The van der Waals surface area contributed by atoms with Crippen molar-refractivity contribution in [3.8, 4) is 5.75 Å². The molecule has 0 bridgehead atoms. The van der Waals surface area contributed by atoms with E-state index < -0.39 is 6.10 Å². The molecular weight excluding hydrogens is 394 g/mol. The van der Waals surface area contributed by atoms with E-state index in [-0.39, 0.29) is 24.5 Å². The van der Waals surface area contributed by atoms with Crippen molar-refractivity contribution in [2.75, 3.05) is 45.9 Å². The number of hydrogen-bond donors (Lipinski definition) is 1. The Bertz CT molecular complexity index is 791. The fourth-order valence-electron chi connectivity index (χ4n) is 5.15. The molecule has 1 aromatic carbocycles. The van der Waals surface area contributed by atoms with E-state index in [4.69, 9.17) is 4.74 Å². The molecule has 1 aromatic rings. The molecule has 4 rings (SSSR count). The van der Waals surface area contributed by atoms with Crippen molar-refractivity contribution in [3.63, 3.8) is 0 Å². The Morgan fingerprint density at radius 2 is 1.68 bits per heavy atom. The first-order valence-electron chi connectivity index (χ1n) is 11.7. The predicted molar refractivity (Wildman–Crippen MR) is 118 cm³/mol. The van der Waals surface area contributed by atoms with Crippen molar-refractivity contribution in [1.29, 1.82) is 0 Å². The number of piperazine rings is 1. The smallest absolute Gasteiger partial charge is 0.260 e. The maximum absolute atomic E-state index is 12.8. The van der Waals surface area contributed by atoms with Gasteiger partial charge in [-0.25, -0.2) is 0 Å². The quantitative estimate of drug-likeness (QED) is 0.785. The Kier molecular flexibility index (Phi) is 7.13. The van der Waals surface area contributed by atoms with Crippen LogP contribution in [0.5, 0.6) is 5.75 Å². The maximum Gasteiger partial charge on any atom is 0.260 e. The number of rotatable bonds is 4. The van der Waals surface area contributed by atoms with Gasteiger partial charge in [-0.1, -0.05) is 6.07 Å². The van der Waals surface area contributed by atoms with Gasteiger partial charge in [0.1, 0.15) is 5.75 Å². The van der Waals surface area contributed by atoms with Gasteiger partial charge in [-0.15, -0.1) is 0 Å². The standard InChI is InChI=1S/C24H35N3O4/c1-18(28)25-12-14-26(15-13-25)22-8-10-27(11-9-23(22)29)24(30)17-31-21-7-6-19-4-2-3-5-20(19)16-21/h6-7,16,22-23,29H,2-5,8-15,17H2,1H3/t22-,23-/m0/s1. The molecule has 0 saturated carbocycles. The van der Waals surface area contributed by atoms with Crippen molar-refractivity contribution in [2.45, 2.75) is 57.6 Å². The van der Waals surface area contributed by atoms with E-state index in [1.807, 2.05) is 15.9 Å². The fourth-order valence-corrected chi connectivity index (χ4v) is 5.15. The number of amides is 2. The number of fused-ring (bicyclic) bond motifs is 1. The number of nitrogens with zero attached hydrogens (tertiary/aromatic N) is 3. The predicted octanol–water partition coefficient (Wildman–Crippen LogP) is 1.46. The normalized spacial score (nSPS) is 25.0. The third-order valence-electron chi connectivity index (χ3n) is 7.10. The van der Waals surface area contributed by atoms with Crippen LogP contribution in [-0.4, -0.2) is 89.6 Å². The van der Waals surface area contributed by atoms with Gasteiger partial charge < -0.3 is 19.6 Å². The molecule has 170 valence electrons. The Morgan fingerprint density at radius 1 is 0.968 bits per heavy atom. The minimum absolute atomic E-state index is 0.0213. The van der Waals surface area contributed by atoms with E-state index in [0.29, 0.717) is 32.6 Å². The molecule has 2 amide bonds. The number of aliphatic hydroxyl groups excluding tert-OH is 1. The van der Waals surface area contributed by atoms with E-state index in [1.165, 1.54) is 24.0 Å². The Morgan fingerprint density at radius 3 is 2.42 bits per heavy atom. The molecule has 1 N–H and O–H groups in total. The lowest BCUT2D eigenvalue weighted by molar-refractivity contribution is -0.133.